The molecule has 2 aromatic heterocycles. The molecule has 0 radical (unpaired) electrons. The van der Waals surface area contributed by atoms with Crippen molar-refractivity contribution in [1.82, 2.24) is 14.5 Å². The Morgan fingerprint density at radius 3 is 1.56 bits per heavy atom. The van der Waals surface area contributed by atoms with Crippen LogP contribution >= 0.6 is 0 Å². The van der Waals surface area contributed by atoms with Crippen LogP contribution in [0.25, 0.3) is 105 Å². The highest BCUT2D eigenvalue weighted by molar-refractivity contribution is 6.22. The average Bonchev–Trinajstić information content (AvgIpc) is 3.65. The van der Waals surface area contributed by atoms with E-state index in [9.17, 15) is 0 Å². The summed E-state index contributed by atoms with van der Waals surface area (Å²) in [5, 5.41) is 9.93. The van der Waals surface area contributed by atoms with E-state index in [2.05, 4.69) is 192 Å². The second kappa shape index (κ2) is 12.6. The lowest BCUT2D eigenvalue weighted by atomic mass is 9.84. The molecular weight excluding hydrogens is 667 g/mol. The molecule has 0 fully saturated rings. The number of hydrogen-bond acceptors (Lipinski definition) is 2. The summed E-state index contributed by atoms with van der Waals surface area (Å²) < 4.78 is 2.21. The van der Waals surface area contributed by atoms with Gasteiger partial charge in [-0.15, -0.1) is 0 Å². The normalized spacial score (nSPS) is 11.6. The third-order valence-electron chi connectivity index (χ3n) is 11.0. The lowest BCUT2D eigenvalue weighted by molar-refractivity contribution is 1.10. The van der Waals surface area contributed by atoms with Gasteiger partial charge in [-0.2, -0.15) is 0 Å². The number of benzene rings is 9. The van der Waals surface area contributed by atoms with Crippen LogP contribution in [-0.2, 0) is 0 Å². The second-order valence-electron chi connectivity index (χ2n) is 14.2. The van der Waals surface area contributed by atoms with Gasteiger partial charge in [0.05, 0.1) is 5.52 Å². The molecule has 0 unspecified atom stereocenters. The molecule has 3 nitrogen and oxygen atoms in total. The largest absolute Gasteiger partial charge is 0.291 e. The molecule has 0 aliphatic carbocycles. The number of aromatic nitrogens is 3. The number of imidazole rings is 1. The van der Waals surface area contributed by atoms with Gasteiger partial charge in [-0.1, -0.05) is 152 Å². The molecule has 0 saturated heterocycles. The maximum Gasteiger partial charge on any atom is 0.178 e. The fraction of sp³-hybridized carbons (Fsp3) is 0. The van der Waals surface area contributed by atoms with Crippen LogP contribution in [0.1, 0.15) is 0 Å². The molecule has 0 amide bonds. The maximum atomic E-state index is 4.96. The Bertz CT molecular complexity index is 3250. The van der Waals surface area contributed by atoms with E-state index in [4.69, 9.17) is 4.98 Å². The Morgan fingerprint density at radius 2 is 0.891 bits per heavy atom. The van der Waals surface area contributed by atoms with Crippen molar-refractivity contribution in [3.63, 3.8) is 0 Å². The predicted molar refractivity (Wildman–Crippen MR) is 231 cm³/mol. The van der Waals surface area contributed by atoms with E-state index in [1.807, 2.05) is 12.1 Å². The fourth-order valence-electron chi connectivity index (χ4n) is 8.43. The monoisotopic (exact) mass is 699 g/mol. The van der Waals surface area contributed by atoms with Gasteiger partial charge in [0.1, 0.15) is 5.82 Å². The third kappa shape index (κ3) is 5.20. The van der Waals surface area contributed by atoms with Crippen LogP contribution < -0.4 is 0 Å². The first kappa shape index (κ1) is 31.2. The van der Waals surface area contributed by atoms with Crippen molar-refractivity contribution in [2.24, 2.45) is 0 Å². The lowest BCUT2D eigenvalue weighted by Gasteiger charge is -2.19. The molecule has 0 aliphatic heterocycles. The van der Waals surface area contributed by atoms with Gasteiger partial charge < -0.3 is 0 Å². The minimum atomic E-state index is 0.732. The van der Waals surface area contributed by atoms with Crippen LogP contribution in [0.3, 0.4) is 0 Å². The first-order valence-electron chi connectivity index (χ1n) is 18.7. The van der Waals surface area contributed by atoms with Gasteiger partial charge in [0.25, 0.3) is 0 Å². The molecule has 11 aromatic rings. The molecule has 0 saturated carbocycles. The number of nitrogens with zero attached hydrogens (tertiary/aromatic N) is 3. The summed E-state index contributed by atoms with van der Waals surface area (Å²) in [5.41, 5.74) is 11.1. The van der Waals surface area contributed by atoms with Gasteiger partial charge in [0.15, 0.2) is 5.65 Å². The van der Waals surface area contributed by atoms with Crippen molar-refractivity contribution < 1.29 is 0 Å². The highest BCUT2D eigenvalue weighted by atomic mass is 15.1. The van der Waals surface area contributed by atoms with E-state index in [1.165, 1.54) is 70.9 Å². The van der Waals surface area contributed by atoms with E-state index in [0.29, 0.717) is 0 Å². The Balaban J connectivity index is 1.13. The Morgan fingerprint density at radius 1 is 0.345 bits per heavy atom. The number of pyridine rings is 1. The van der Waals surface area contributed by atoms with Crippen molar-refractivity contribution in [1.29, 1.82) is 0 Å². The lowest BCUT2D eigenvalue weighted by Crippen LogP contribution is -1.97. The molecule has 11 rings (SSSR count). The van der Waals surface area contributed by atoms with E-state index in [-0.39, 0.29) is 0 Å². The summed E-state index contributed by atoms with van der Waals surface area (Å²) in [6.07, 6.45) is 1.80. The first-order valence-corrected chi connectivity index (χ1v) is 18.7. The molecule has 0 atom stereocenters. The third-order valence-corrected chi connectivity index (χ3v) is 11.0. The van der Waals surface area contributed by atoms with Crippen molar-refractivity contribution in [3.05, 3.63) is 200 Å². The van der Waals surface area contributed by atoms with E-state index in [0.717, 1.165) is 33.8 Å². The first-order chi connectivity index (χ1) is 27.3. The number of hydrogen-bond donors (Lipinski definition) is 0. The molecule has 0 spiro atoms. The minimum absolute atomic E-state index is 0.732. The quantitative estimate of drug-likeness (QED) is 0.167. The summed E-state index contributed by atoms with van der Waals surface area (Å²) in [4.78, 5) is 9.55. The highest BCUT2D eigenvalue weighted by Gasteiger charge is 2.19. The van der Waals surface area contributed by atoms with Gasteiger partial charge in [0, 0.05) is 17.4 Å². The molecule has 55 heavy (non-hydrogen) atoms. The zero-order chi connectivity index (χ0) is 36.3. The molecule has 3 heteroatoms. The zero-order valence-electron chi connectivity index (χ0n) is 29.9. The van der Waals surface area contributed by atoms with Crippen LogP contribution in [0.4, 0.5) is 0 Å². The van der Waals surface area contributed by atoms with E-state index in [1.54, 1.807) is 6.20 Å². The summed E-state index contributed by atoms with van der Waals surface area (Å²) in [5.74, 6) is 0.876. The predicted octanol–water partition coefficient (Wildman–Crippen LogP) is 13.7. The molecular formula is C52H33N3. The molecule has 0 bridgehead atoms. The van der Waals surface area contributed by atoms with Crippen LogP contribution in [0, 0.1) is 0 Å². The summed E-state index contributed by atoms with van der Waals surface area (Å²) in [7, 11) is 0. The topological polar surface area (TPSA) is 30.7 Å². The van der Waals surface area contributed by atoms with Gasteiger partial charge in [-0.25, -0.2) is 9.97 Å². The number of fused-ring (bicyclic) bond motifs is 5. The zero-order valence-corrected chi connectivity index (χ0v) is 29.9. The maximum absolute atomic E-state index is 4.96. The van der Waals surface area contributed by atoms with Crippen molar-refractivity contribution >= 4 is 54.3 Å². The van der Waals surface area contributed by atoms with Crippen molar-refractivity contribution in [3.8, 4) is 50.5 Å². The van der Waals surface area contributed by atoms with Crippen LogP contribution in [0.2, 0.25) is 0 Å². The van der Waals surface area contributed by atoms with Crippen molar-refractivity contribution in [2.45, 2.75) is 0 Å². The van der Waals surface area contributed by atoms with Crippen LogP contribution in [0.5, 0.6) is 0 Å². The highest BCUT2D eigenvalue weighted by Crippen LogP contribution is 2.46. The van der Waals surface area contributed by atoms with Crippen molar-refractivity contribution in [2.75, 3.05) is 0 Å². The van der Waals surface area contributed by atoms with Crippen LogP contribution in [0.15, 0.2) is 200 Å². The molecule has 256 valence electrons. The van der Waals surface area contributed by atoms with Crippen LogP contribution in [-0.4, -0.2) is 14.5 Å². The summed E-state index contributed by atoms with van der Waals surface area (Å²) in [6, 6.07) is 70.2. The Labute approximate surface area is 318 Å². The van der Waals surface area contributed by atoms with Gasteiger partial charge >= 0.3 is 0 Å². The van der Waals surface area contributed by atoms with Gasteiger partial charge in [0.2, 0.25) is 0 Å². The van der Waals surface area contributed by atoms with Gasteiger partial charge in [-0.3, -0.25) is 4.57 Å². The summed E-state index contributed by atoms with van der Waals surface area (Å²) >= 11 is 0. The summed E-state index contributed by atoms with van der Waals surface area (Å²) in [6.45, 7) is 0. The smallest absolute Gasteiger partial charge is 0.178 e. The number of rotatable bonds is 5. The van der Waals surface area contributed by atoms with E-state index < -0.39 is 0 Å². The Kier molecular flexibility index (Phi) is 7.17. The fourth-order valence-corrected chi connectivity index (χ4v) is 8.43. The standard InChI is InChI=1S/C52H33N3/c1-2-13-37(14-3-1)52-54-51-48(19-10-30-53-51)55(52)43-27-24-36(25-28-43)40-26-29-46-47(33-40)50(42-23-21-35-12-5-7-16-39(35)32-42)45-18-9-8-17-44(45)49(46)41-22-20-34-11-4-6-15-38(34)31-41/h1-33H. The second-order valence-corrected chi connectivity index (χ2v) is 14.2. The molecule has 9 aromatic carbocycles. The molecule has 2 heterocycles. The average molecular weight is 700 g/mol. The van der Waals surface area contributed by atoms with E-state index >= 15 is 0 Å². The minimum Gasteiger partial charge on any atom is -0.291 e. The Hall–Kier alpha value is -7.36. The molecule has 0 N–H and O–H groups in total. The molecule has 0 aliphatic rings. The van der Waals surface area contributed by atoms with Gasteiger partial charge in [-0.05, 0) is 119 Å². The SMILES string of the molecule is c1ccc(-c2nc3ncccc3n2-c2ccc(-c3ccc4c(-c5ccc6ccccc6c5)c5ccccc5c(-c5ccc6ccccc6c5)c4c3)cc2)cc1.